The summed E-state index contributed by atoms with van der Waals surface area (Å²) in [5.74, 6) is 0.734. The van der Waals surface area contributed by atoms with Crippen molar-refractivity contribution in [1.82, 2.24) is 14.5 Å². The first-order valence-electron chi connectivity index (χ1n) is 17.5. The summed E-state index contributed by atoms with van der Waals surface area (Å²) < 4.78 is 4.99. The van der Waals surface area contributed by atoms with Gasteiger partial charge in [0.25, 0.3) is 0 Å². The zero-order valence-corrected chi connectivity index (χ0v) is 29.0. The minimum Gasteiger partial charge on any atom is -0.309 e. The lowest BCUT2D eigenvalue weighted by atomic mass is 9.82. The van der Waals surface area contributed by atoms with Crippen LogP contribution in [0.2, 0.25) is 0 Å². The standard InChI is InChI=1S/C47H31N3S/c1-47(2)38-20-10-6-16-30(38)34-26-35-31-17-8-12-22-41(31)50(42(35)27-39(34)47)29-24-36-32-18-9-13-23-43(32)51-45(36)37(25-29)44-33-19-7-11-21-40(33)48-46(49-44)28-14-4-3-5-15-28/h3-27H,1-2H3. The first kappa shape index (κ1) is 28.7. The van der Waals surface area contributed by atoms with Gasteiger partial charge in [-0.3, -0.25) is 0 Å². The van der Waals surface area contributed by atoms with Crippen LogP contribution in [-0.2, 0) is 5.41 Å². The molecule has 10 aromatic rings. The number of thiophene rings is 1. The number of para-hydroxylation sites is 2. The van der Waals surface area contributed by atoms with E-state index in [1.54, 1.807) is 0 Å². The highest BCUT2D eigenvalue weighted by atomic mass is 32.1. The minimum absolute atomic E-state index is 0.103. The van der Waals surface area contributed by atoms with E-state index in [1.165, 1.54) is 64.2 Å². The van der Waals surface area contributed by atoms with Crippen LogP contribution in [-0.4, -0.2) is 14.5 Å². The maximum atomic E-state index is 5.38. The van der Waals surface area contributed by atoms with Gasteiger partial charge in [0.15, 0.2) is 5.82 Å². The fourth-order valence-corrected chi connectivity index (χ4v) is 9.76. The number of aromatic nitrogens is 3. The summed E-state index contributed by atoms with van der Waals surface area (Å²) in [6.45, 7) is 4.73. The van der Waals surface area contributed by atoms with E-state index < -0.39 is 0 Å². The highest BCUT2D eigenvalue weighted by Gasteiger charge is 2.36. The van der Waals surface area contributed by atoms with Crippen molar-refractivity contribution >= 4 is 64.2 Å². The second-order valence-electron chi connectivity index (χ2n) is 14.2. The summed E-state index contributed by atoms with van der Waals surface area (Å²) in [5.41, 5.74) is 12.9. The van der Waals surface area contributed by atoms with E-state index in [4.69, 9.17) is 9.97 Å². The number of nitrogens with zero attached hydrogens (tertiary/aromatic N) is 3. The molecular weight excluding hydrogens is 639 g/mol. The average molecular weight is 670 g/mol. The van der Waals surface area contributed by atoms with Crippen molar-refractivity contribution in [1.29, 1.82) is 0 Å². The zero-order valence-electron chi connectivity index (χ0n) is 28.2. The fourth-order valence-electron chi connectivity index (χ4n) is 8.56. The lowest BCUT2D eigenvalue weighted by Gasteiger charge is -2.21. The highest BCUT2D eigenvalue weighted by molar-refractivity contribution is 7.26. The molecule has 0 unspecified atom stereocenters. The Labute approximate surface area is 299 Å². The molecule has 0 bridgehead atoms. The molecule has 0 atom stereocenters. The molecule has 0 N–H and O–H groups in total. The third kappa shape index (κ3) is 4.05. The molecule has 4 heteroatoms. The molecule has 240 valence electrons. The van der Waals surface area contributed by atoms with Crippen molar-refractivity contribution in [3.63, 3.8) is 0 Å². The van der Waals surface area contributed by atoms with Crippen LogP contribution in [0.4, 0.5) is 0 Å². The minimum atomic E-state index is -0.103. The highest BCUT2D eigenvalue weighted by Crippen LogP contribution is 2.51. The van der Waals surface area contributed by atoms with Gasteiger partial charge in [0, 0.05) is 58.6 Å². The van der Waals surface area contributed by atoms with Gasteiger partial charge in [-0.25, -0.2) is 9.97 Å². The Balaban J connectivity index is 1.27. The molecule has 11 rings (SSSR count). The van der Waals surface area contributed by atoms with E-state index >= 15 is 0 Å². The molecule has 0 saturated heterocycles. The summed E-state index contributed by atoms with van der Waals surface area (Å²) in [4.78, 5) is 10.4. The molecule has 51 heavy (non-hydrogen) atoms. The number of hydrogen-bond acceptors (Lipinski definition) is 3. The third-order valence-corrected chi connectivity index (χ3v) is 12.2. The van der Waals surface area contributed by atoms with Crippen molar-refractivity contribution in [2.75, 3.05) is 0 Å². The van der Waals surface area contributed by atoms with E-state index in [-0.39, 0.29) is 5.41 Å². The molecule has 3 heterocycles. The summed E-state index contributed by atoms with van der Waals surface area (Å²) in [7, 11) is 0. The Morgan fingerprint density at radius 3 is 2.12 bits per heavy atom. The SMILES string of the molecule is CC1(C)c2ccccc2-c2cc3c4ccccc4n(-c4cc(-c5nc(-c6ccccc6)nc6ccccc56)c5sc6ccccc6c5c4)c3cc21. The van der Waals surface area contributed by atoms with Crippen LogP contribution in [0.25, 0.3) is 92.3 Å². The van der Waals surface area contributed by atoms with Gasteiger partial charge in [-0.05, 0) is 64.7 Å². The number of benzene rings is 7. The topological polar surface area (TPSA) is 30.7 Å². The van der Waals surface area contributed by atoms with Crippen LogP contribution in [0.15, 0.2) is 152 Å². The lowest BCUT2D eigenvalue weighted by Crippen LogP contribution is -2.14. The van der Waals surface area contributed by atoms with E-state index in [0.717, 1.165) is 39.2 Å². The van der Waals surface area contributed by atoms with E-state index in [9.17, 15) is 0 Å². The van der Waals surface area contributed by atoms with Crippen LogP contribution in [0, 0.1) is 0 Å². The summed E-state index contributed by atoms with van der Waals surface area (Å²) in [5, 5.41) is 6.08. The van der Waals surface area contributed by atoms with Gasteiger partial charge in [-0.15, -0.1) is 11.3 Å². The second-order valence-corrected chi connectivity index (χ2v) is 15.2. The Kier molecular flexibility index (Phi) is 5.89. The Morgan fingerprint density at radius 1 is 0.510 bits per heavy atom. The quantitative estimate of drug-likeness (QED) is 0.187. The molecule has 3 aromatic heterocycles. The molecule has 0 spiro atoms. The van der Waals surface area contributed by atoms with Crippen molar-refractivity contribution in [3.05, 3.63) is 163 Å². The van der Waals surface area contributed by atoms with Gasteiger partial charge < -0.3 is 4.57 Å². The van der Waals surface area contributed by atoms with Crippen LogP contribution < -0.4 is 0 Å². The molecule has 1 aliphatic carbocycles. The predicted molar refractivity (Wildman–Crippen MR) is 215 cm³/mol. The third-order valence-electron chi connectivity index (χ3n) is 11.0. The van der Waals surface area contributed by atoms with Gasteiger partial charge in [0.05, 0.1) is 22.2 Å². The number of hydrogen-bond donors (Lipinski definition) is 0. The summed E-state index contributed by atoms with van der Waals surface area (Å²) in [6.07, 6.45) is 0. The van der Waals surface area contributed by atoms with E-state index in [2.05, 4.69) is 164 Å². The maximum absolute atomic E-state index is 5.38. The monoisotopic (exact) mass is 669 g/mol. The molecular formula is C47H31N3S. The zero-order chi connectivity index (χ0) is 33.8. The van der Waals surface area contributed by atoms with Crippen LogP contribution in [0.3, 0.4) is 0 Å². The van der Waals surface area contributed by atoms with Gasteiger partial charge in [0.1, 0.15) is 0 Å². The van der Waals surface area contributed by atoms with Crippen molar-refractivity contribution < 1.29 is 0 Å². The molecule has 0 fully saturated rings. The maximum Gasteiger partial charge on any atom is 0.160 e. The molecule has 1 aliphatic rings. The van der Waals surface area contributed by atoms with Gasteiger partial charge >= 0.3 is 0 Å². The van der Waals surface area contributed by atoms with Crippen molar-refractivity contribution in [2.45, 2.75) is 19.3 Å². The molecule has 0 saturated carbocycles. The largest absolute Gasteiger partial charge is 0.309 e. The Morgan fingerprint density at radius 2 is 1.24 bits per heavy atom. The van der Waals surface area contributed by atoms with Crippen LogP contribution >= 0.6 is 11.3 Å². The van der Waals surface area contributed by atoms with Crippen molar-refractivity contribution in [3.8, 4) is 39.5 Å². The lowest BCUT2D eigenvalue weighted by molar-refractivity contribution is 0.661. The van der Waals surface area contributed by atoms with Crippen LogP contribution in [0.1, 0.15) is 25.0 Å². The van der Waals surface area contributed by atoms with E-state index in [1.807, 2.05) is 17.4 Å². The normalized spacial score (nSPS) is 13.5. The van der Waals surface area contributed by atoms with Crippen molar-refractivity contribution in [2.24, 2.45) is 0 Å². The Hall–Kier alpha value is -6.10. The fraction of sp³-hybridized carbons (Fsp3) is 0.0638. The van der Waals surface area contributed by atoms with Gasteiger partial charge in [-0.1, -0.05) is 123 Å². The first-order chi connectivity index (χ1) is 25.0. The molecule has 7 aromatic carbocycles. The molecule has 0 radical (unpaired) electrons. The Bertz CT molecular complexity index is 3060. The first-order valence-corrected chi connectivity index (χ1v) is 18.3. The predicted octanol–water partition coefficient (Wildman–Crippen LogP) is 12.7. The molecule has 0 aliphatic heterocycles. The van der Waals surface area contributed by atoms with Gasteiger partial charge in [0.2, 0.25) is 0 Å². The van der Waals surface area contributed by atoms with Crippen LogP contribution in [0.5, 0.6) is 0 Å². The summed E-state index contributed by atoms with van der Waals surface area (Å²) >= 11 is 1.85. The van der Waals surface area contributed by atoms with Gasteiger partial charge in [-0.2, -0.15) is 0 Å². The summed E-state index contributed by atoms with van der Waals surface area (Å²) in [6, 6.07) is 55.0. The molecule has 0 amide bonds. The number of fused-ring (bicyclic) bond motifs is 10. The smallest absolute Gasteiger partial charge is 0.160 e. The number of rotatable bonds is 3. The second kappa shape index (κ2) is 10.5. The molecule has 3 nitrogen and oxygen atoms in total. The van der Waals surface area contributed by atoms with E-state index in [0.29, 0.717) is 0 Å². The average Bonchev–Trinajstić information content (AvgIpc) is 3.79.